The second-order valence-electron chi connectivity index (χ2n) is 5.45. The molecule has 0 aliphatic rings. The predicted molar refractivity (Wildman–Crippen MR) is 103 cm³/mol. The monoisotopic (exact) mass is 344 g/mol. The van der Waals surface area contributed by atoms with Crippen molar-refractivity contribution in [2.24, 2.45) is 5.10 Å². The highest BCUT2D eigenvalue weighted by molar-refractivity contribution is 5.84. The lowest BCUT2D eigenvalue weighted by molar-refractivity contribution is 0.415. The zero-order chi connectivity index (χ0) is 18.2. The molecule has 3 rings (SSSR count). The van der Waals surface area contributed by atoms with Gasteiger partial charge in [-0.25, -0.2) is 4.39 Å². The number of methoxy groups -OCH3 is 1. The summed E-state index contributed by atoms with van der Waals surface area (Å²) in [6.07, 6.45) is 1.63. The van der Waals surface area contributed by atoms with E-state index in [2.05, 4.69) is 22.4 Å². The second kappa shape index (κ2) is 8.50. The van der Waals surface area contributed by atoms with Gasteiger partial charge in [0.15, 0.2) is 0 Å². The van der Waals surface area contributed by atoms with Gasteiger partial charge in [-0.3, -0.25) is 5.43 Å². The van der Waals surface area contributed by atoms with Crippen LogP contribution in [0, 0.1) is 17.7 Å². The maximum absolute atomic E-state index is 13.6. The minimum absolute atomic E-state index is 0.336. The van der Waals surface area contributed by atoms with Gasteiger partial charge in [-0.15, -0.1) is 0 Å². The molecule has 0 aliphatic carbocycles. The molecule has 3 aromatic carbocycles. The molecule has 0 saturated carbocycles. The molecule has 4 heteroatoms. The third-order valence-electron chi connectivity index (χ3n) is 3.62. The lowest BCUT2D eigenvalue weighted by atomic mass is 10.1. The molecule has 0 radical (unpaired) electrons. The van der Waals surface area contributed by atoms with E-state index >= 15 is 0 Å². The van der Waals surface area contributed by atoms with E-state index in [-0.39, 0.29) is 5.82 Å². The molecule has 0 saturated heterocycles. The van der Waals surface area contributed by atoms with Crippen molar-refractivity contribution in [1.29, 1.82) is 0 Å². The van der Waals surface area contributed by atoms with Gasteiger partial charge in [0.25, 0.3) is 0 Å². The van der Waals surface area contributed by atoms with E-state index in [1.54, 1.807) is 19.4 Å². The Morgan fingerprint density at radius 1 is 0.962 bits per heavy atom. The van der Waals surface area contributed by atoms with Crippen LogP contribution in [0.15, 0.2) is 77.9 Å². The molecule has 0 atom stereocenters. The van der Waals surface area contributed by atoms with Crippen molar-refractivity contribution in [3.63, 3.8) is 0 Å². The highest BCUT2D eigenvalue weighted by atomic mass is 19.1. The molecule has 0 aliphatic heterocycles. The number of hydrogen-bond donors (Lipinski definition) is 1. The summed E-state index contributed by atoms with van der Waals surface area (Å²) >= 11 is 0. The maximum atomic E-state index is 13.6. The highest BCUT2D eigenvalue weighted by Crippen LogP contribution is 2.12. The number of para-hydroxylation sites is 1. The number of halogens is 1. The van der Waals surface area contributed by atoms with Gasteiger partial charge in [0, 0.05) is 16.7 Å². The van der Waals surface area contributed by atoms with Gasteiger partial charge in [0.1, 0.15) is 11.6 Å². The summed E-state index contributed by atoms with van der Waals surface area (Å²) in [5.41, 5.74) is 5.93. The number of nitrogens with zero attached hydrogens (tertiary/aromatic N) is 1. The Morgan fingerprint density at radius 2 is 1.73 bits per heavy atom. The number of rotatable bonds is 4. The fraction of sp³-hybridized carbons (Fsp3) is 0.0455. The fourth-order valence-electron chi connectivity index (χ4n) is 2.25. The molecule has 0 unspecified atom stereocenters. The first-order valence-corrected chi connectivity index (χ1v) is 8.04. The molecular weight excluding hydrogens is 327 g/mol. The average Bonchev–Trinajstić information content (AvgIpc) is 2.69. The molecule has 26 heavy (non-hydrogen) atoms. The van der Waals surface area contributed by atoms with Crippen LogP contribution in [0.25, 0.3) is 0 Å². The molecule has 0 fully saturated rings. The van der Waals surface area contributed by atoms with Crippen molar-refractivity contribution in [2.45, 2.75) is 0 Å². The molecule has 1 N–H and O–H groups in total. The Balaban J connectivity index is 1.80. The minimum Gasteiger partial charge on any atom is -0.497 e. The Kier molecular flexibility index (Phi) is 5.64. The molecule has 0 amide bonds. The fourth-order valence-corrected chi connectivity index (χ4v) is 2.25. The van der Waals surface area contributed by atoms with Gasteiger partial charge < -0.3 is 4.74 Å². The standard InChI is InChI=1S/C22H17FN2O/c1-26-22-13-8-17(9-14-22)7-10-18-15-20(23)12-11-19(18)16-24-25-21-5-3-2-4-6-21/h2-6,8-9,11-16,25H,1H3. The van der Waals surface area contributed by atoms with Gasteiger partial charge in [0.2, 0.25) is 0 Å². The topological polar surface area (TPSA) is 33.6 Å². The SMILES string of the molecule is COc1ccc(C#Cc2cc(F)ccc2C=NNc2ccccc2)cc1. The van der Waals surface area contributed by atoms with Crippen LogP contribution in [0.1, 0.15) is 16.7 Å². The normalized spacial score (nSPS) is 10.2. The first-order valence-electron chi connectivity index (χ1n) is 8.04. The van der Waals surface area contributed by atoms with E-state index in [4.69, 9.17) is 4.74 Å². The molecule has 0 spiro atoms. The summed E-state index contributed by atoms with van der Waals surface area (Å²) in [5, 5.41) is 4.20. The molecule has 3 nitrogen and oxygen atoms in total. The third-order valence-corrected chi connectivity index (χ3v) is 3.62. The smallest absolute Gasteiger partial charge is 0.124 e. The van der Waals surface area contributed by atoms with Crippen LogP contribution < -0.4 is 10.2 Å². The van der Waals surface area contributed by atoms with Gasteiger partial charge in [-0.1, -0.05) is 30.0 Å². The van der Waals surface area contributed by atoms with E-state index < -0.39 is 0 Å². The number of anilines is 1. The first kappa shape index (κ1) is 17.2. The lowest BCUT2D eigenvalue weighted by Gasteiger charge is -2.01. The van der Waals surface area contributed by atoms with Crippen LogP contribution in [0.5, 0.6) is 5.75 Å². The Labute approximate surface area is 152 Å². The van der Waals surface area contributed by atoms with Crippen molar-refractivity contribution < 1.29 is 9.13 Å². The van der Waals surface area contributed by atoms with Crippen LogP contribution in [0.2, 0.25) is 0 Å². The van der Waals surface area contributed by atoms with E-state index in [1.165, 1.54) is 12.1 Å². The molecule has 0 aromatic heterocycles. The van der Waals surface area contributed by atoms with E-state index in [0.717, 1.165) is 22.6 Å². The summed E-state index contributed by atoms with van der Waals surface area (Å²) in [4.78, 5) is 0. The largest absolute Gasteiger partial charge is 0.497 e. The molecule has 0 bridgehead atoms. The summed E-state index contributed by atoms with van der Waals surface area (Å²) in [7, 11) is 1.61. The van der Waals surface area contributed by atoms with E-state index in [9.17, 15) is 4.39 Å². The van der Waals surface area contributed by atoms with Gasteiger partial charge >= 0.3 is 0 Å². The average molecular weight is 344 g/mol. The van der Waals surface area contributed by atoms with Crippen LogP contribution in [-0.4, -0.2) is 13.3 Å². The summed E-state index contributed by atoms with van der Waals surface area (Å²) in [5.74, 6) is 6.47. The van der Waals surface area contributed by atoms with Gasteiger partial charge in [-0.05, 0) is 54.6 Å². The number of hydrazone groups is 1. The predicted octanol–water partition coefficient (Wildman–Crippen LogP) is 4.68. The third kappa shape index (κ3) is 4.71. The van der Waals surface area contributed by atoms with E-state index in [0.29, 0.717) is 5.56 Å². The van der Waals surface area contributed by atoms with Crippen molar-refractivity contribution in [2.75, 3.05) is 12.5 Å². The molecular formula is C22H17FN2O. The van der Waals surface area contributed by atoms with Crippen molar-refractivity contribution >= 4 is 11.9 Å². The van der Waals surface area contributed by atoms with Gasteiger partial charge in [0.05, 0.1) is 19.0 Å². The van der Waals surface area contributed by atoms with Crippen molar-refractivity contribution in [3.05, 3.63) is 95.3 Å². The maximum Gasteiger partial charge on any atom is 0.124 e. The van der Waals surface area contributed by atoms with Crippen molar-refractivity contribution in [1.82, 2.24) is 0 Å². The second-order valence-corrected chi connectivity index (χ2v) is 5.45. The number of benzene rings is 3. The Morgan fingerprint density at radius 3 is 2.46 bits per heavy atom. The van der Waals surface area contributed by atoms with Gasteiger partial charge in [-0.2, -0.15) is 5.10 Å². The number of nitrogens with one attached hydrogen (secondary N) is 1. The minimum atomic E-state index is -0.336. The summed E-state index contributed by atoms with van der Waals surface area (Å²) in [6, 6.07) is 21.4. The van der Waals surface area contributed by atoms with Crippen LogP contribution in [-0.2, 0) is 0 Å². The zero-order valence-electron chi connectivity index (χ0n) is 14.2. The van der Waals surface area contributed by atoms with Crippen LogP contribution in [0.3, 0.4) is 0 Å². The number of hydrogen-bond acceptors (Lipinski definition) is 3. The lowest BCUT2D eigenvalue weighted by Crippen LogP contribution is -1.94. The van der Waals surface area contributed by atoms with Crippen LogP contribution >= 0.6 is 0 Å². The molecule has 3 aromatic rings. The number of ether oxygens (including phenoxy) is 1. The summed E-state index contributed by atoms with van der Waals surface area (Å²) < 4.78 is 18.7. The Bertz CT molecular complexity index is 955. The molecule has 0 heterocycles. The quantitative estimate of drug-likeness (QED) is 0.423. The first-order chi connectivity index (χ1) is 12.7. The summed E-state index contributed by atoms with van der Waals surface area (Å²) in [6.45, 7) is 0. The zero-order valence-corrected chi connectivity index (χ0v) is 14.2. The Hall–Kier alpha value is -3.58. The van der Waals surface area contributed by atoms with Crippen molar-refractivity contribution in [3.8, 4) is 17.6 Å². The van der Waals surface area contributed by atoms with E-state index in [1.807, 2.05) is 54.6 Å². The van der Waals surface area contributed by atoms with Crippen LogP contribution in [0.4, 0.5) is 10.1 Å². The highest BCUT2D eigenvalue weighted by Gasteiger charge is 2.00. The molecule has 128 valence electrons.